The Balaban J connectivity index is 0.000000637. The summed E-state index contributed by atoms with van der Waals surface area (Å²) in [6.45, 7) is 4.65. The average molecular weight is 271 g/mol. The van der Waals surface area contributed by atoms with Crippen LogP contribution in [0, 0.1) is 0 Å². The van der Waals surface area contributed by atoms with Crippen molar-refractivity contribution in [2.75, 3.05) is 0 Å². The minimum absolute atomic E-state index is 0.0724. The van der Waals surface area contributed by atoms with E-state index in [0.29, 0.717) is 6.54 Å². The lowest BCUT2D eigenvalue weighted by molar-refractivity contribution is 0.851. The molecule has 0 aliphatic heterocycles. The third-order valence-corrected chi connectivity index (χ3v) is 3.61. The van der Waals surface area contributed by atoms with E-state index in [9.17, 15) is 4.79 Å². The SMILES string of the molecule is CC.O=c1ccsn1Cc1ccc2ccccc2c1. The molecule has 0 atom stereocenters. The zero-order valence-electron chi connectivity index (χ0n) is 11.2. The first kappa shape index (κ1) is 13.6. The molecule has 0 radical (unpaired) electrons. The van der Waals surface area contributed by atoms with Gasteiger partial charge in [-0.15, -0.1) is 0 Å². The van der Waals surface area contributed by atoms with Crippen LogP contribution in [-0.4, -0.2) is 3.96 Å². The molecule has 2 nitrogen and oxygen atoms in total. The summed E-state index contributed by atoms with van der Waals surface area (Å²) in [6, 6.07) is 16.2. The highest BCUT2D eigenvalue weighted by Gasteiger charge is 2.00. The number of aromatic nitrogens is 1. The molecule has 0 aliphatic rings. The van der Waals surface area contributed by atoms with Crippen LogP contribution in [0.5, 0.6) is 0 Å². The Morgan fingerprint density at radius 1 is 1.00 bits per heavy atom. The van der Waals surface area contributed by atoms with Gasteiger partial charge in [-0.1, -0.05) is 61.8 Å². The van der Waals surface area contributed by atoms with Crippen molar-refractivity contribution in [3.63, 3.8) is 0 Å². The zero-order chi connectivity index (χ0) is 13.7. The highest BCUT2D eigenvalue weighted by Crippen LogP contribution is 2.16. The van der Waals surface area contributed by atoms with Crippen molar-refractivity contribution >= 4 is 22.3 Å². The molecule has 3 rings (SSSR count). The fourth-order valence-corrected chi connectivity index (χ4v) is 2.63. The maximum Gasteiger partial charge on any atom is 0.260 e. The van der Waals surface area contributed by atoms with Crippen molar-refractivity contribution in [1.82, 2.24) is 3.96 Å². The molecule has 0 saturated heterocycles. The van der Waals surface area contributed by atoms with Gasteiger partial charge in [-0.2, -0.15) is 0 Å². The third kappa shape index (κ3) is 3.12. The Hall–Kier alpha value is -1.87. The van der Waals surface area contributed by atoms with Crippen LogP contribution < -0.4 is 5.56 Å². The number of hydrogen-bond donors (Lipinski definition) is 0. The number of fused-ring (bicyclic) bond motifs is 1. The number of nitrogens with zero attached hydrogens (tertiary/aromatic N) is 1. The number of benzene rings is 2. The molecule has 1 heterocycles. The van der Waals surface area contributed by atoms with Crippen LogP contribution in [0.2, 0.25) is 0 Å². The normalized spacial score (nSPS) is 10.0. The van der Waals surface area contributed by atoms with Crippen LogP contribution in [0.1, 0.15) is 19.4 Å². The number of rotatable bonds is 2. The van der Waals surface area contributed by atoms with Gasteiger partial charge in [0.15, 0.2) is 0 Å². The summed E-state index contributed by atoms with van der Waals surface area (Å²) in [4.78, 5) is 11.5. The van der Waals surface area contributed by atoms with Crippen molar-refractivity contribution in [2.45, 2.75) is 20.4 Å². The predicted molar refractivity (Wildman–Crippen MR) is 83.0 cm³/mol. The number of hydrogen-bond acceptors (Lipinski definition) is 2. The molecule has 1 aromatic heterocycles. The van der Waals surface area contributed by atoms with E-state index in [1.165, 1.54) is 22.3 Å². The van der Waals surface area contributed by atoms with Crippen LogP contribution >= 0.6 is 11.5 Å². The molecule has 0 unspecified atom stereocenters. The highest BCUT2D eigenvalue weighted by molar-refractivity contribution is 7.04. The Bertz CT molecular complexity index is 712. The van der Waals surface area contributed by atoms with Gasteiger partial charge in [0, 0.05) is 11.4 Å². The second-order valence-corrected chi connectivity index (χ2v) is 4.89. The van der Waals surface area contributed by atoms with Crippen molar-refractivity contribution in [1.29, 1.82) is 0 Å². The van der Waals surface area contributed by atoms with E-state index in [-0.39, 0.29) is 5.56 Å². The summed E-state index contributed by atoms with van der Waals surface area (Å²) in [5, 5.41) is 4.27. The minimum Gasteiger partial charge on any atom is -0.268 e. The summed E-state index contributed by atoms with van der Waals surface area (Å²) in [5.74, 6) is 0. The maximum atomic E-state index is 11.5. The standard InChI is InChI=1S/C14H11NOS.C2H6/c16-14-7-8-17-15(14)10-11-5-6-12-3-1-2-4-13(12)9-11;1-2/h1-9H,10H2;1-2H3. The summed E-state index contributed by atoms with van der Waals surface area (Å²) >= 11 is 1.45. The molecule has 0 fully saturated rings. The summed E-state index contributed by atoms with van der Waals surface area (Å²) in [6.07, 6.45) is 0. The Labute approximate surface area is 117 Å². The fourth-order valence-electron chi connectivity index (χ4n) is 1.92. The lowest BCUT2D eigenvalue weighted by atomic mass is 10.1. The van der Waals surface area contributed by atoms with Crippen LogP contribution in [0.3, 0.4) is 0 Å². The maximum absolute atomic E-state index is 11.5. The zero-order valence-corrected chi connectivity index (χ0v) is 12.0. The van der Waals surface area contributed by atoms with Crippen LogP contribution in [-0.2, 0) is 6.54 Å². The summed E-state index contributed by atoms with van der Waals surface area (Å²) < 4.78 is 1.75. The molecule has 3 aromatic rings. The predicted octanol–water partition coefficient (Wildman–Crippen LogP) is 4.14. The van der Waals surface area contributed by atoms with E-state index in [0.717, 1.165) is 5.56 Å². The Morgan fingerprint density at radius 2 is 1.74 bits per heavy atom. The largest absolute Gasteiger partial charge is 0.268 e. The topological polar surface area (TPSA) is 22.0 Å². The molecule has 2 aromatic carbocycles. The quantitative estimate of drug-likeness (QED) is 0.686. The van der Waals surface area contributed by atoms with Crippen LogP contribution in [0.25, 0.3) is 10.8 Å². The summed E-state index contributed by atoms with van der Waals surface area (Å²) in [5.41, 5.74) is 1.23. The van der Waals surface area contributed by atoms with E-state index in [2.05, 4.69) is 30.3 Å². The minimum atomic E-state index is 0.0724. The Kier molecular flexibility index (Phi) is 4.53. The molecule has 3 heteroatoms. The summed E-state index contributed by atoms with van der Waals surface area (Å²) in [7, 11) is 0. The van der Waals surface area contributed by atoms with Crippen molar-refractivity contribution in [3.05, 3.63) is 69.8 Å². The second kappa shape index (κ2) is 6.34. The molecule has 0 bridgehead atoms. The first-order valence-corrected chi connectivity index (χ1v) is 7.29. The van der Waals surface area contributed by atoms with Crippen molar-refractivity contribution in [2.24, 2.45) is 0 Å². The van der Waals surface area contributed by atoms with Crippen molar-refractivity contribution in [3.8, 4) is 0 Å². The molecule has 0 amide bonds. The van der Waals surface area contributed by atoms with Crippen molar-refractivity contribution < 1.29 is 0 Å². The first-order chi connectivity index (χ1) is 9.33. The van der Waals surface area contributed by atoms with E-state index in [1.54, 1.807) is 10.0 Å². The van der Waals surface area contributed by atoms with E-state index in [1.807, 2.05) is 31.4 Å². The van der Waals surface area contributed by atoms with Crippen LogP contribution in [0.15, 0.2) is 58.7 Å². The molecule has 0 spiro atoms. The lowest BCUT2D eigenvalue weighted by Crippen LogP contribution is -2.12. The average Bonchev–Trinajstić information content (AvgIpc) is 2.86. The monoisotopic (exact) mass is 271 g/mol. The fraction of sp³-hybridized carbons (Fsp3) is 0.188. The van der Waals surface area contributed by atoms with Gasteiger partial charge in [0.25, 0.3) is 5.56 Å². The lowest BCUT2D eigenvalue weighted by Gasteiger charge is -2.03. The highest BCUT2D eigenvalue weighted by atomic mass is 32.1. The first-order valence-electron chi connectivity index (χ1n) is 6.45. The molecule has 19 heavy (non-hydrogen) atoms. The van der Waals surface area contributed by atoms with E-state index >= 15 is 0 Å². The van der Waals surface area contributed by atoms with Crippen LogP contribution in [0.4, 0.5) is 0 Å². The van der Waals surface area contributed by atoms with Gasteiger partial charge in [-0.05, 0) is 22.4 Å². The smallest absolute Gasteiger partial charge is 0.260 e. The van der Waals surface area contributed by atoms with Gasteiger partial charge in [0.05, 0.1) is 6.54 Å². The molecule has 0 N–H and O–H groups in total. The molecule has 0 saturated carbocycles. The Morgan fingerprint density at radius 3 is 2.42 bits per heavy atom. The van der Waals surface area contributed by atoms with Gasteiger partial charge in [-0.3, -0.25) is 8.75 Å². The second-order valence-electron chi connectivity index (χ2n) is 3.96. The van der Waals surface area contributed by atoms with Gasteiger partial charge < -0.3 is 0 Å². The van der Waals surface area contributed by atoms with E-state index < -0.39 is 0 Å². The molecular weight excluding hydrogens is 254 g/mol. The van der Waals surface area contributed by atoms with E-state index in [4.69, 9.17) is 0 Å². The molecular formula is C16H17NOS. The van der Waals surface area contributed by atoms with Gasteiger partial charge in [0.1, 0.15) is 0 Å². The molecule has 0 aliphatic carbocycles. The van der Waals surface area contributed by atoms with Gasteiger partial charge in [0.2, 0.25) is 0 Å². The third-order valence-electron chi connectivity index (χ3n) is 2.78. The van der Waals surface area contributed by atoms with Gasteiger partial charge in [-0.25, -0.2) is 0 Å². The molecule has 98 valence electrons. The van der Waals surface area contributed by atoms with Gasteiger partial charge >= 0.3 is 0 Å².